The second kappa shape index (κ2) is 8.81. The average molecular weight is 496 g/mol. The Morgan fingerprint density at radius 3 is 2.32 bits per heavy atom. The molecular formula is C35H26FNO. The fourth-order valence-electron chi connectivity index (χ4n) is 5.75. The van der Waals surface area contributed by atoms with Crippen LogP contribution in [-0.4, -0.2) is 4.98 Å². The number of furan rings is 1. The van der Waals surface area contributed by atoms with Gasteiger partial charge in [-0.25, -0.2) is 4.39 Å². The molecule has 38 heavy (non-hydrogen) atoms. The van der Waals surface area contributed by atoms with E-state index in [-0.39, 0.29) is 11.4 Å². The molecule has 0 spiro atoms. The Labute approximate surface area is 220 Å². The van der Waals surface area contributed by atoms with Gasteiger partial charge in [0.05, 0.1) is 0 Å². The lowest BCUT2D eigenvalue weighted by Gasteiger charge is -2.14. The molecule has 0 atom stereocenters. The third-order valence-corrected chi connectivity index (χ3v) is 7.41. The molecule has 0 radical (unpaired) electrons. The predicted molar refractivity (Wildman–Crippen MR) is 156 cm³/mol. The van der Waals surface area contributed by atoms with E-state index in [2.05, 4.69) is 62.4 Å². The Balaban J connectivity index is 1.48. The highest BCUT2D eigenvalue weighted by Gasteiger charge is 2.20. The first-order chi connectivity index (χ1) is 18.6. The maximum Gasteiger partial charge on any atom is 0.174 e. The fourth-order valence-corrected chi connectivity index (χ4v) is 5.75. The maximum absolute atomic E-state index is 15.8. The van der Waals surface area contributed by atoms with Gasteiger partial charge < -0.3 is 4.42 Å². The summed E-state index contributed by atoms with van der Waals surface area (Å²) in [5.74, 6) is 0.147. The van der Waals surface area contributed by atoms with E-state index in [4.69, 9.17) is 9.40 Å². The van der Waals surface area contributed by atoms with Gasteiger partial charge >= 0.3 is 0 Å². The minimum atomic E-state index is -0.346. The van der Waals surface area contributed by atoms with Crippen molar-refractivity contribution in [3.8, 4) is 22.4 Å². The Morgan fingerprint density at radius 2 is 1.47 bits per heavy atom. The van der Waals surface area contributed by atoms with Crippen LogP contribution in [0.3, 0.4) is 0 Å². The highest BCUT2D eigenvalue weighted by molar-refractivity contribution is 6.12. The number of hydrogen-bond donors (Lipinski definition) is 0. The number of fused-ring (bicyclic) bond motifs is 6. The van der Waals surface area contributed by atoms with E-state index in [0.717, 1.165) is 34.0 Å². The van der Waals surface area contributed by atoms with E-state index >= 15 is 4.39 Å². The molecule has 0 fully saturated rings. The topological polar surface area (TPSA) is 26.0 Å². The maximum atomic E-state index is 15.8. The molecular weight excluding hydrogens is 469 g/mol. The smallest absolute Gasteiger partial charge is 0.174 e. The van der Waals surface area contributed by atoms with Crippen LogP contribution < -0.4 is 0 Å². The fraction of sp³-hybridized carbons (Fsp3) is 0.114. The number of aromatic nitrogens is 1. The van der Waals surface area contributed by atoms with Crippen LogP contribution in [0.5, 0.6) is 0 Å². The van der Waals surface area contributed by atoms with Crippen molar-refractivity contribution in [2.75, 3.05) is 0 Å². The summed E-state index contributed by atoms with van der Waals surface area (Å²) in [6.45, 7) is 4.49. The molecule has 0 amide bonds. The molecule has 5 aromatic carbocycles. The number of benzene rings is 5. The third-order valence-electron chi connectivity index (χ3n) is 7.41. The zero-order chi connectivity index (χ0) is 25.8. The lowest BCUT2D eigenvalue weighted by molar-refractivity contribution is 0.586. The van der Waals surface area contributed by atoms with Crippen LogP contribution in [0.4, 0.5) is 4.39 Å². The molecule has 2 heterocycles. The zero-order valence-corrected chi connectivity index (χ0v) is 21.3. The van der Waals surface area contributed by atoms with Crippen LogP contribution in [0.2, 0.25) is 0 Å². The minimum absolute atomic E-state index is 0.268. The van der Waals surface area contributed by atoms with Crippen molar-refractivity contribution >= 4 is 43.5 Å². The summed E-state index contributed by atoms with van der Waals surface area (Å²) in [5.41, 5.74) is 5.24. The van der Waals surface area contributed by atoms with Gasteiger partial charge in [-0.1, -0.05) is 86.6 Å². The molecule has 7 aromatic rings. The number of nitrogens with zero attached hydrogens (tertiary/aromatic N) is 1. The first-order valence-electron chi connectivity index (χ1n) is 13.1. The van der Waals surface area contributed by atoms with Crippen molar-refractivity contribution in [2.45, 2.75) is 20.3 Å². The van der Waals surface area contributed by atoms with Crippen LogP contribution in [-0.2, 0) is 6.42 Å². The first-order valence-corrected chi connectivity index (χ1v) is 13.1. The second-order valence-electron chi connectivity index (χ2n) is 10.4. The Bertz CT molecular complexity index is 1990. The highest BCUT2D eigenvalue weighted by Crippen LogP contribution is 2.40. The van der Waals surface area contributed by atoms with Gasteiger partial charge in [0.2, 0.25) is 0 Å². The quantitative estimate of drug-likeness (QED) is 0.227. The molecule has 0 aliphatic carbocycles. The molecule has 2 aromatic heterocycles. The lowest BCUT2D eigenvalue weighted by Crippen LogP contribution is -1.97. The van der Waals surface area contributed by atoms with Crippen molar-refractivity contribution in [2.24, 2.45) is 5.92 Å². The summed E-state index contributed by atoms with van der Waals surface area (Å²) in [4.78, 5) is 4.76. The van der Waals surface area contributed by atoms with Gasteiger partial charge in [-0.05, 0) is 69.3 Å². The van der Waals surface area contributed by atoms with Gasteiger partial charge in [0.25, 0.3) is 0 Å². The summed E-state index contributed by atoms with van der Waals surface area (Å²) in [6, 6.07) is 32.6. The summed E-state index contributed by atoms with van der Waals surface area (Å²) < 4.78 is 22.1. The van der Waals surface area contributed by atoms with Gasteiger partial charge in [-0.3, -0.25) is 4.98 Å². The van der Waals surface area contributed by atoms with Crippen molar-refractivity contribution in [1.82, 2.24) is 4.98 Å². The standard InChI is InChI=1S/C35H26FNO/c1-21(2)18-25-20-26(19-24-13-12-23-10-6-7-11-27(23)31(24)25)33-35-30(16-17-37-33)29-15-14-28(32(36)34(29)38-35)22-8-4-3-5-9-22/h3-17,19-21H,18H2,1-2H3. The average Bonchev–Trinajstić information content (AvgIpc) is 3.33. The Kier molecular flexibility index (Phi) is 5.26. The van der Waals surface area contributed by atoms with Crippen molar-refractivity contribution in [3.05, 3.63) is 115 Å². The van der Waals surface area contributed by atoms with Crippen LogP contribution >= 0.6 is 0 Å². The third kappa shape index (κ3) is 3.58. The van der Waals surface area contributed by atoms with Gasteiger partial charge in [0, 0.05) is 28.1 Å². The van der Waals surface area contributed by atoms with Crippen LogP contribution in [0.1, 0.15) is 19.4 Å². The molecule has 0 bridgehead atoms. The van der Waals surface area contributed by atoms with E-state index in [1.54, 1.807) is 6.20 Å². The van der Waals surface area contributed by atoms with Crippen LogP contribution in [0.15, 0.2) is 108 Å². The highest BCUT2D eigenvalue weighted by atomic mass is 19.1. The molecule has 0 N–H and O–H groups in total. The monoisotopic (exact) mass is 495 g/mol. The molecule has 184 valence electrons. The van der Waals surface area contributed by atoms with Gasteiger partial charge in [-0.15, -0.1) is 0 Å². The second-order valence-corrected chi connectivity index (χ2v) is 10.4. The van der Waals surface area contributed by atoms with Crippen molar-refractivity contribution in [3.63, 3.8) is 0 Å². The molecule has 0 aliphatic rings. The Hall–Kier alpha value is -4.50. The molecule has 2 nitrogen and oxygen atoms in total. The van der Waals surface area contributed by atoms with Gasteiger partial charge in [-0.2, -0.15) is 0 Å². The van der Waals surface area contributed by atoms with Crippen LogP contribution in [0, 0.1) is 11.7 Å². The minimum Gasteiger partial charge on any atom is -0.451 e. The first kappa shape index (κ1) is 22.7. The predicted octanol–water partition coefficient (Wildman–Crippen LogP) is 9.96. The van der Waals surface area contributed by atoms with E-state index in [0.29, 0.717) is 17.1 Å². The van der Waals surface area contributed by atoms with Crippen molar-refractivity contribution < 1.29 is 8.81 Å². The zero-order valence-electron chi connectivity index (χ0n) is 21.3. The van der Waals surface area contributed by atoms with E-state index in [9.17, 15) is 0 Å². The van der Waals surface area contributed by atoms with Crippen molar-refractivity contribution in [1.29, 1.82) is 0 Å². The summed E-state index contributed by atoms with van der Waals surface area (Å²) in [7, 11) is 0. The van der Waals surface area contributed by atoms with E-state index < -0.39 is 0 Å². The van der Waals surface area contributed by atoms with E-state index in [1.807, 2.05) is 48.5 Å². The van der Waals surface area contributed by atoms with Gasteiger partial charge in [0.15, 0.2) is 17.0 Å². The lowest BCUT2D eigenvalue weighted by atomic mass is 9.90. The largest absolute Gasteiger partial charge is 0.451 e. The van der Waals surface area contributed by atoms with Crippen LogP contribution in [0.25, 0.3) is 65.9 Å². The normalized spacial score (nSPS) is 11.9. The Morgan fingerprint density at radius 1 is 0.711 bits per heavy atom. The molecule has 0 unspecified atom stereocenters. The summed E-state index contributed by atoms with van der Waals surface area (Å²) in [5, 5.41) is 6.58. The van der Waals surface area contributed by atoms with Gasteiger partial charge in [0.1, 0.15) is 5.69 Å². The molecule has 0 saturated carbocycles. The SMILES string of the molecule is CC(C)Cc1cc(-c2nccc3c2oc2c(F)c(-c4ccccc4)ccc23)cc2ccc3ccccc3c12. The summed E-state index contributed by atoms with van der Waals surface area (Å²) >= 11 is 0. The molecule has 0 aliphatic heterocycles. The molecule has 0 saturated heterocycles. The summed E-state index contributed by atoms with van der Waals surface area (Å²) in [6.07, 6.45) is 2.74. The number of pyridine rings is 1. The number of halogens is 1. The number of rotatable bonds is 4. The molecule has 7 rings (SSSR count). The van der Waals surface area contributed by atoms with E-state index in [1.165, 1.54) is 27.1 Å². The number of hydrogen-bond acceptors (Lipinski definition) is 2. The molecule has 3 heteroatoms.